The van der Waals surface area contributed by atoms with Crippen molar-refractivity contribution in [3.8, 4) is 0 Å². The first-order valence-corrected chi connectivity index (χ1v) is 7.83. The van der Waals surface area contributed by atoms with E-state index in [1.807, 2.05) is 13.0 Å². The largest absolute Gasteiger partial charge is 0.457 e. The summed E-state index contributed by atoms with van der Waals surface area (Å²) >= 11 is 0. The van der Waals surface area contributed by atoms with Crippen molar-refractivity contribution in [2.24, 2.45) is 5.92 Å². The van der Waals surface area contributed by atoms with E-state index in [1.165, 1.54) is 21.6 Å². The molecule has 0 fully saturated rings. The molecule has 0 aromatic heterocycles. The lowest BCUT2D eigenvalue weighted by molar-refractivity contribution is -0.153. The quantitative estimate of drug-likeness (QED) is 0.613. The third kappa shape index (κ3) is 2.67. The second-order valence-electron chi connectivity index (χ2n) is 6.05. The average molecular weight is 282 g/mol. The van der Waals surface area contributed by atoms with Gasteiger partial charge in [-0.25, -0.2) is 0 Å². The normalized spacial score (nSPS) is 20.4. The molecule has 3 rings (SSSR count). The monoisotopic (exact) mass is 282 g/mol. The van der Waals surface area contributed by atoms with E-state index in [9.17, 15) is 4.79 Å². The van der Waals surface area contributed by atoms with Gasteiger partial charge in [0, 0.05) is 12.0 Å². The van der Waals surface area contributed by atoms with Crippen LogP contribution in [0.25, 0.3) is 11.6 Å². The van der Waals surface area contributed by atoms with Gasteiger partial charge < -0.3 is 4.74 Å². The van der Waals surface area contributed by atoms with Gasteiger partial charge in [0.1, 0.15) is 6.10 Å². The molecule has 2 atom stereocenters. The van der Waals surface area contributed by atoms with Crippen molar-refractivity contribution in [3.63, 3.8) is 0 Å². The lowest BCUT2D eigenvalue weighted by Crippen LogP contribution is -2.30. The topological polar surface area (TPSA) is 26.3 Å². The molecule has 1 aromatic carbocycles. The summed E-state index contributed by atoms with van der Waals surface area (Å²) in [7, 11) is 0. The van der Waals surface area contributed by atoms with Gasteiger partial charge in [-0.1, -0.05) is 42.8 Å². The Morgan fingerprint density at radius 3 is 3.19 bits per heavy atom. The standard InChI is InChI=1S/C19H22O2/c1-3-4-7-13(2)19(20)21-17-12-15-10-5-8-14-9-6-11-16(17)18(14)15/h3,6,8-9,11,13,17H,1,4-5,7,10,12H2,2H3. The fourth-order valence-electron chi connectivity index (χ4n) is 3.35. The number of allylic oxidation sites excluding steroid dienone is 1. The van der Waals surface area contributed by atoms with E-state index in [0.29, 0.717) is 0 Å². The molecule has 110 valence electrons. The zero-order chi connectivity index (χ0) is 14.8. The van der Waals surface area contributed by atoms with E-state index in [4.69, 9.17) is 4.74 Å². The molecule has 0 aliphatic heterocycles. The molecule has 2 nitrogen and oxygen atoms in total. The van der Waals surface area contributed by atoms with Crippen molar-refractivity contribution in [1.29, 1.82) is 0 Å². The van der Waals surface area contributed by atoms with Gasteiger partial charge in [-0.3, -0.25) is 4.79 Å². The Labute approximate surface area is 125 Å². The molecule has 21 heavy (non-hydrogen) atoms. The Bertz CT molecular complexity index is 684. The fourth-order valence-corrected chi connectivity index (χ4v) is 3.35. The van der Waals surface area contributed by atoms with Crippen LogP contribution in [0.2, 0.25) is 0 Å². The smallest absolute Gasteiger partial charge is 0.309 e. The molecule has 1 aromatic rings. The third-order valence-electron chi connectivity index (χ3n) is 4.54. The van der Waals surface area contributed by atoms with Gasteiger partial charge in [0.15, 0.2) is 0 Å². The van der Waals surface area contributed by atoms with Gasteiger partial charge in [-0.05, 0) is 36.1 Å². The Balaban J connectivity index is 1.78. The molecule has 2 unspecified atom stereocenters. The van der Waals surface area contributed by atoms with Crippen LogP contribution in [0.3, 0.4) is 0 Å². The molecule has 0 N–H and O–H groups in total. The van der Waals surface area contributed by atoms with Crippen molar-refractivity contribution < 1.29 is 9.53 Å². The van der Waals surface area contributed by atoms with Gasteiger partial charge in [0.25, 0.3) is 0 Å². The highest BCUT2D eigenvalue weighted by Gasteiger charge is 2.28. The number of ether oxygens (including phenoxy) is 1. The van der Waals surface area contributed by atoms with E-state index in [0.717, 1.165) is 32.1 Å². The zero-order valence-corrected chi connectivity index (χ0v) is 12.6. The van der Waals surface area contributed by atoms with Crippen LogP contribution in [0, 0.1) is 5.92 Å². The Morgan fingerprint density at radius 1 is 1.52 bits per heavy atom. The second kappa shape index (κ2) is 5.88. The van der Waals surface area contributed by atoms with Gasteiger partial charge in [0.2, 0.25) is 0 Å². The molecule has 0 bridgehead atoms. The summed E-state index contributed by atoms with van der Waals surface area (Å²) in [6.45, 7) is 5.64. The van der Waals surface area contributed by atoms with E-state index >= 15 is 0 Å². The summed E-state index contributed by atoms with van der Waals surface area (Å²) in [5.74, 6) is -0.141. The summed E-state index contributed by atoms with van der Waals surface area (Å²) in [6, 6.07) is 6.34. The maximum Gasteiger partial charge on any atom is 0.309 e. The first-order chi connectivity index (χ1) is 10.2. The predicted molar refractivity (Wildman–Crippen MR) is 84.8 cm³/mol. The minimum Gasteiger partial charge on any atom is -0.457 e. The van der Waals surface area contributed by atoms with Gasteiger partial charge >= 0.3 is 5.97 Å². The molecular weight excluding hydrogens is 260 g/mol. The molecule has 0 amide bonds. The van der Waals surface area contributed by atoms with Crippen molar-refractivity contribution in [2.75, 3.05) is 0 Å². The van der Waals surface area contributed by atoms with E-state index < -0.39 is 0 Å². The highest BCUT2D eigenvalue weighted by Crippen LogP contribution is 2.32. The van der Waals surface area contributed by atoms with Crippen LogP contribution < -0.4 is 10.4 Å². The SMILES string of the molecule is C=CCCC(C)C(=O)OC1CC2=c3c1cccc3=CCC2. The fraction of sp³-hybridized carbons (Fsp3) is 0.421. The van der Waals surface area contributed by atoms with Crippen LogP contribution in [0.5, 0.6) is 0 Å². The van der Waals surface area contributed by atoms with Crippen LogP contribution >= 0.6 is 0 Å². The van der Waals surface area contributed by atoms with Crippen LogP contribution in [0.4, 0.5) is 0 Å². The lowest BCUT2D eigenvalue weighted by atomic mass is 10.0. The lowest BCUT2D eigenvalue weighted by Gasteiger charge is -2.17. The molecule has 2 heteroatoms. The van der Waals surface area contributed by atoms with Gasteiger partial charge in [-0.2, -0.15) is 0 Å². The number of hydrogen-bond acceptors (Lipinski definition) is 2. The minimum atomic E-state index is -0.0832. The van der Waals surface area contributed by atoms with Crippen molar-refractivity contribution in [3.05, 3.63) is 46.9 Å². The van der Waals surface area contributed by atoms with Gasteiger partial charge in [-0.15, -0.1) is 6.58 Å². The maximum atomic E-state index is 12.2. The Hall–Kier alpha value is -1.83. The summed E-state index contributed by atoms with van der Waals surface area (Å²) in [4.78, 5) is 12.2. The summed E-state index contributed by atoms with van der Waals surface area (Å²) in [6.07, 6.45) is 8.80. The maximum absolute atomic E-state index is 12.2. The predicted octanol–water partition coefficient (Wildman–Crippen LogP) is 3.00. The molecule has 2 aliphatic rings. The zero-order valence-electron chi connectivity index (χ0n) is 12.6. The number of benzene rings is 1. The van der Waals surface area contributed by atoms with Crippen LogP contribution in [-0.2, 0) is 9.53 Å². The van der Waals surface area contributed by atoms with E-state index in [-0.39, 0.29) is 18.0 Å². The van der Waals surface area contributed by atoms with Crippen molar-refractivity contribution in [2.45, 2.75) is 45.1 Å². The number of hydrogen-bond donors (Lipinski definition) is 0. The van der Waals surface area contributed by atoms with Crippen LogP contribution in [-0.4, -0.2) is 5.97 Å². The molecule has 0 heterocycles. The second-order valence-corrected chi connectivity index (χ2v) is 6.05. The number of rotatable bonds is 5. The number of carbonyl (C=O) groups is 1. The third-order valence-corrected chi connectivity index (χ3v) is 4.54. The highest BCUT2D eigenvalue weighted by atomic mass is 16.5. The Kier molecular flexibility index (Phi) is 3.96. The van der Waals surface area contributed by atoms with Crippen molar-refractivity contribution in [1.82, 2.24) is 0 Å². The summed E-state index contributed by atoms with van der Waals surface area (Å²) in [5.41, 5.74) is 2.65. The molecule has 0 radical (unpaired) electrons. The van der Waals surface area contributed by atoms with Crippen LogP contribution in [0.1, 0.15) is 50.7 Å². The van der Waals surface area contributed by atoms with Gasteiger partial charge in [0.05, 0.1) is 5.92 Å². The number of esters is 1. The molecule has 0 saturated heterocycles. The molecule has 0 spiro atoms. The number of carbonyl (C=O) groups excluding carboxylic acids is 1. The summed E-state index contributed by atoms with van der Waals surface area (Å²) < 4.78 is 5.80. The molecule has 2 aliphatic carbocycles. The highest BCUT2D eigenvalue weighted by molar-refractivity contribution is 5.73. The first-order valence-electron chi connectivity index (χ1n) is 7.83. The minimum absolute atomic E-state index is 0.0598. The molecular formula is C19H22O2. The Morgan fingerprint density at radius 2 is 2.38 bits per heavy atom. The first kappa shape index (κ1) is 14.1. The average Bonchev–Trinajstić information content (AvgIpc) is 2.85. The van der Waals surface area contributed by atoms with E-state index in [1.54, 1.807) is 0 Å². The van der Waals surface area contributed by atoms with Crippen molar-refractivity contribution >= 4 is 17.6 Å². The molecule has 0 saturated carbocycles. The van der Waals surface area contributed by atoms with E-state index in [2.05, 4.69) is 30.9 Å². The van der Waals surface area contributed by atoms with Crippen LogP contribution in [0.15, 0.2) is 30.9 Å². The summed E-state index contributed by atoms with van der Waals surface area (Å²) in [5, 5.41) is 2.66.